The number of benzene rings is 4. The van der Waals surface area contributed by atoms with Gasteiger partial charge in [0.1, 0.15) is 12.6 Å². The van der Waals surface area contributed by atoms with Gasteiger partial charge in [-0.05, 0) is 75.2 Å². The molecule has 0 aliphatic rings. The minimum Gasteiger partial charge on any atom is -0.352 e. The summed E-state index contributed by atoms with van der Waals surface area (Å²) in [6.45, 7) is 7.15. The highest BCUT2D eigenvalue weighted by Gasteiger charge is 2.34. The Morgan fingerprint density at radius 3 is 1.91 bits per heavy atom. The summed E-state index contributed by atoms with van der Waals surface area (Å²) >= 11 is 6.13. The number of rotatable bonds is 12. The van der Waals surface area contributed by atoms with Crippen LogP contribution in [0.5, 0.6) is 0 Å². The molecule has 4 rings (SSSR count). The van der Waals surface area contributed by atoms with E-state index in [0.29, 0.717) is 5.02 Å². The van der Waals surface area contributed by atoms with Crippen molar-refractivity contribution in [2.75, 3.05) is 10.8 Å². The van der Waals surface area contributed by atoms with Crippen molar-refractivity contribution in [1.29, 1.82) is 0 Å². The quantitative estimate of drug-likeness (QED) is 0.198. The Bertz CT molecular complexity index is 1660. The number of sulfonamides is 1. The van der Waals surface area contributed by atoms with Gasteiger partial charge in [0.2, 0.25) is 11.8 Å². The summed E-state index contributed by atoms with van der Waals surface area (Å²) in [5.41, 5.74) is 3.94. The molecule has 4 aromatic rings. The zero-order valence-electron chi connectivity index (χ0n) is 25.4. The van der Waals surface area contributed by atoms with Crippen molar-refractivity contribution in [3.63, 3.8) is 0 Å². The lowest BCUT2D eigenvalue weighted by atomic mass is 10.0. The lowest BCUT2D eigenvalue weighted by Crippen LogP contribution is -2.54. The van der Waals surface area contributed by atoms with E-state index in [9.17, 15) is 18.0 Å². The average Bonchev–Trinajstić information content (AvgIpc) is 2.99. The maximum atomic E-state index is 14.4. The molecule has 4 aromatic carbocycles. The standard InChI is InChI=1S/C35H38ClN3O4S/c1-25(2)37-35(41)33(22-28-8-6-5-7-9-28)38(23-29-14-10-26(3)11-15-29)34(40)24-39(31-18-16-30(36)17-19-31)44(42,43)32-20-12-27(4)13-21-32/h5-21,25,33H,22-24H2,1-4H3,(H,37,41). The van der Waals surface area contributed by atoms with Gasteiger partial charge >= 0.3 is 0 Å². The molecule has 1 atom stereocenters. The number of nitrogens with zero attached hydrogens (tertiary/aromatic N) is 2. The number of carbonyl (C=O) groups excluding carboxylic acids is 2. The summed E-state index contributed by atoms with van der Waals surface area (Å²) in [5.74, 6) is -0.834. The third-order valence-corrected chi connectivity index (χ3v) is 9.22. The van der Waals surface area contributed by atoms with E-state index in [4.69, 9.17) is 11.6 Å². The summed E-state index contributed by atoms with van der Waals surface area (Å²) in [6.07, 6.45) is 0.253. The lowest BCUT2D eigenvalue weighted by molar-refractivity contribution is -0.140. The summed E-state index contributed by atoms with van der Waals surface area (Å²) in [4.78, 5) is 29.7. The van der Waals surface area contributed by atoms with Crippen LogP contribution in [0.25, 0.3) is 0 Å². The highest BCUT2D eigenvalue weighted by Crippen LogP contribution is 2.27. The first kappa shape index (κ1) is 32.8. The normalized spacial score (nSPS) is 12.0. The summed E-state index contributed by atoms with van der Waals surface area (Å²) in [7, 11) is -4.17. The molecule has 2 amide bonds. The minimum absolute atomic E-state index is 0.0503. The molecule has 7 nitrogen and oxygen atoms in total. The largest absolute Gasteiger partial charge is 0.352 e. The van der Waals surface area contributed by atoms with Crippen LogP contribution in [0.1, 0.15) is 36.1 Å². The van der Waals surface area contributed by atoms with E-state index in [1.54, 1.807) is 36.4 Å². The molecule has 0 aromatic heterocycles. The minimum atomic E-state index is -4.17. The number of carbonyl (C=O) groups is 2. The molecule has 0 bridgehead atoms. The molecule has 1 unspecified atom stereocenters. The van der Waals surface area contributed by atoms with Crippen LogP contribution >= 0.6 is 11.6 Å². The average molecular weight is 632 g/mol. The zero-order valence-corrected chi connectivity index (χ0v) is 27.0. The molecular formula is C35H38ClN3O4S. The smallest absolute Gasteiger partial charge is 0.264 e. The Balaban J connectivity index is 1.79. The molecule has 1 N–H and O–H groups in total. The number of hydrogen-bond donors (Lipinski definition) is 1. The van der Waals surface area contributed by atoms with Crippen molar-refractivity contribution >= 4 is 39.1 Å². The second-order valence-corrected chi connectivity index (χ2v) is 13.5. The first-order valence-electron chi connectivity index (χ1n) is 14.5. The molecule has 0 fully saturated rings. The molecule has 9 heteroatoms. The van der Waals surface area contributed by atoms with E-state index in [2.05, 4.69) is 5.32 Å². The molecule has 0 spiro atoms. The van der Waals surface area contributed by atoms with Crippen molar-refractivity contribution in [3.8, 4) is 0 Å². The first-order valence-corrected chi connectivity index (χ1v) is 16.3. The van der Waals surface area contributed by atoms with Crippen LogP contribution in [-0.2, 0) is 32.6 Å². The molecule has 230 valence electrons. The second kappa shape index (κ2) is 14.6. The molecule has 0 aliphatic carbocycles. The van der Waals surface area contributed by atoms with Crippen molar-refractivity contribution in [3.05, 3.63) is 130 Å². The van der Waals surface area contributed by atoms with Crippen molar-refractivity contribution in [2.24, 2.45) is 0 Å². The fraction of sp³-hybridized carbons (Fsp3) is 0.257. The van der Waals surface area contributed by atoms with Gasteiger partial charge in [-0.1, -0.05) is 89.5 Å². The highest BCUT2D eigenvalue weighted by atomic mass is 35.5. The van der Waals surface area contributed by atoms with Crippen LogP contribution in [0.3, 0.4) is 0 Å². The second-order valence-electron chi connectivity index (χ2n) is 11.2. The van der Waals surface area contributed by atoms with Crippen LogP contribution < -0.4 is 9.62 Å². The number of aryl methyl sites for hydroxylation is 2. The van der Waals surface area contributed by atoms with Gasteiger partial charge in [0.15, 0.2) is 0 Å². The van der Waals surface area contributed by atoms with Gasteiger partial charge in [-0.15, -0.1) is 0 Å². The van der Waals surface area contributed by atoms with Crippen molar-refractivity contribution in [2.45, 2.75) is 57.6 Å². The Morgan fingerprint density at radius 2 is 1.34 bits per heavy atom. The van der Waals surface area contributed by atoms with Gasteiger partial charge in [-0.3, -0.25) is 13.9 Å². The first-order chi connectivity index (χ1) is 20.9. The van der Waals surface area contributed by atoms with Crippen molar-refractivity contribution in [1.82, 2.24) is 10.2 Å². The fourth-order valence-electron chi connectivity index (χ4n) is 4.80. The van der Waals surface area contributed by atoms with Crippen molar-refractivity contribution < 1.29 is 18.0 Å². The number of hydrogen-bond acceptors (Lipinski definition) is 4. The monoisotopic (exact) mass is 631 g/mol. The lowest BCUT2D eigenvalue weighted by Gasteiger charge is -2.34. The summed E-state index contributed by atoms with van der Waals surface area (Å²) in [6, 6.07) is 28.9. The summed E-state index contributed by atoms with van der Waals surface area (Å²) in [5, 5.41) is 3.40. The Morgan fingerprint density at radius 1 is 0.773 bits per heavy atom. The van der Waals surface area contributed by atoms with Crippen LogP contribution in [0, 0.1) is 13.8 Å². The van der Waals surface area contributed by atoms with E-state index in [-0.39, 0.29) is 35.5 Å². The van der Waals surface area contributed by atoms with Crippen LogP contribution in [0.15, 0.2) is 108 Å². The van der Waals surface area contributed by atoms with Crippen LogP contribution in [0.2, 0.25) is 5.02 Å². The van der Waals surface area contributed by atoms with Gasteiger partial charge in [-0.25, -0.2) is 8.42 Å². The number of anilines is 1. The topological polar surface area (TPSA) is 86.8 Å². The zero-order chi connectivity index (χ0) is 31.9. The SMILES string of the molecule is Cc1ccc(CN(C(=O)CN(c2ccc(Cl)cc2)S(=O)(=O)c2ccc(C)cc2)C(Cc2ccccc2)C(=O)NC(C)C)cc1. The fourth-order valence-corrected chi connectivity index (χ4v) is 6.34. The molecular weight excluding hydrogens is 594 g/mol. The predicted molar refractivity (Wildman–Crippen MR) is 176 cm³/mol. The Hall–Kier alpha value is -4.14. The molecule has 0 saturated heterocycles. The predicted octanol–water partition coefficient (Wildman–Crippen LogP) is 6.32. The van der Waals surface area contributed by atoms with Crippen LogP contribution in [0.4, 0.5) is 5.69 Å². The molecule has 0 saturated carbocycles. The van der Waals surface area contributed by atoms with Gasteiger partial charge in [0.05, 0.1) is 10.6 Å². The van der Waals surface area contributed by atoms with E-state index in [1.165, 1.54) is 17.0 Å². The van der Waals surface area contributed by atoms with Gasteiger partial charge in [0.25, 0.3) is 10.0 Å². The van der Waals surface area contributed by atoms with E-state index >= 15 is 0 Å². The Labute approximate surface area is 265 Å². The van der Waals surface area contributed by atoms with Gasteiger partial charge < -0.3 is 10.2 Å². The van der Waals surface area contributed by atoms with Gasteiger partial charge in [-0.2, -0.15) is 0 Å². The van der Waals surface area contributed by atoms with E-state index in [1.807, 2.05) is 82.3 Å². The van der Waals surface area contributed by atoms with E-state index < -0.39 is 28.5 Å². The molecule has 0 heterocycles. The molecule has 0 aliphatic heterocycles. The number of halogens is 1. The Kier molecular flexibility index (Phi) is 10.8. The maximum Gasteiger partial charge on any atom is 0.264 e. The maximum absolute atomic E-state index is 14.4. The molecule has 0 radical (unpaired) electrons. The number of amides is 2. The summed E-state index contributed by atoms with van der Waals surface area (Å²) < 4.78 is 29.2. The molecule has 44 heavy (non-hydrogen) atoms. The third kappa shape index (κ3) is 8.49. The van der Waals surface area contributed by atoms with Gasteiger partial charge in [0, 0.05) is 24.0 Å². The highest BCUT2D eigenvalue weighted by molar-refractivity contribution is 7.92. The van der Waals surface area contributed by atoms with E-state index in [0.717, 1.165) is 26.6 Å². The van der Waals surface area contributed by atoms with Crippen LogP contribution in [-0.4, -0.2) is 43.8 Å². The third-order valence-electron chi connectivity index (χ3n) is 7.18. The number of nitrogens with one attached hydrogen (secondary N) is 1.